The zero-order valence-electron chi connectivity index (χ0n) is 6.27. The van der Waals surface area contributed by atoms with Crippen molar-refractivity contribution in [3.05, 3.63) is 0 Å². The fourth-order valence-corrected chi connectivity index (χ4v) is 2.52. The van der Waals surface area contributed by atoms with Gasteiger partial charge in [-0.3, -0.25) is 0 Å². The number of nitrogens with one attached hydrogen (secondary N) is 1. The number of hydrogen-bond acceptors (Lipinski definition) is 2. The molecule has 2 nitrogen and oxygen atoms in total. The number of fused-ring (bicyclic) bond motifs is 1. The minimum absolute atomic E-state index is 0.292. The topological polar surface area (TPSA) is 32.3 Å². The molecule has 1 heterocycles. The standard InChI is InChI=1S/C8H15NO/c10-6-8-3-1-2-7(8)4-9-5-8/h7,9-10H,1-6H2/t7?,8-/m0/s1. The molecule has 0 aromatic rings. The molecule has 0 bridgehead atoms. The summed E-state index contributed by atoms with van der Waals surface area (Å²) in [7, 11) is 0. The molecule has 0 spiro atoms. The molecule has 2 N–H and O–H groups in total. The third-order valence-electron chi connectivity index (χ3n) is 3.28. The van der Waals surface area contributed by atoms with E-state index < -0.39 is 0 Å². The van der Waals surface area contributed by atoms with E-state index in [2.05, 4.69) is 5.32 Å². The zero-order valence-corrected chi connectivity index (χ0v) is 6.27. The van der Waals surface area contributed by atoms with E-state index in [-0.39, 0.29) is 0 Å². The molecule has 1 unspecified atom stereocenters. The van der Waals surface area contributed by atoms with E-state index in [4.69, 9.17) is 0 Å². The fraction of sp³-hybridized carbons (Fsp3) is 1.00. The van der Waals surface area contributed by atoms with Gasteiger partial charge in [-0.2, -0.15) is 0 Å². The highest BCUT2D eigenvalue weighted by atomic mass is 16.3. The predicted molar refractivity (Wildman–Crippen MR) is 39.7 cm³/mol. The van der Waals surface area contributed by atoms with E-state index in [1.165, 1.54) is 19.3 Å². The molecule has 0 aromatic heterocycles. The van der Waals surface area contributed by atoms with Crippen molar-refractivity contribution in [2.24, 2.45) is 11.3 Å². The summed E-state index contributed by atoms with van der Waals surface area (Å²) >= 11 is 0. The fourth-order valence-electron chi connectivity index (χ4n) is 2.52. The molecule has 1 aliphatic heterocycles. The molecule has 1 saturated heterocycles. The quantitative estimate of drug-likeness (QED) is 0.553. The highest BCUT2D eigenvalue weighted by molar-refractivity contribution is 4.98. The minimum atomic E-state index is 0.292. The first-order valence-corrected chi connectivity index (χ1v) is 4.19. The largest absolute Gasteiger partial charge is 0.396 e. The Morgan fingerprint density at radius 3 is 3.20 bits per heavy atom. The summed E-state index contributed by atoms with van der Waals surface area (Å²) in [5, 5.41) is 12.5. The van der Waals surface area contributed by atoms with Gasteiger partial charge in [-0.15, -0.1) is 0 Å². The lowest BCUT2D eigenvalue weighted by Gasteiger charge is -2.24. The smallest absolute Gasteiger partial charge is 0.0502 e. The molecule has 2 aliphatic rings. The second kappa shape index (κ2) is 2.21. The van der Waals surface area contributed by atoms with E-state index in [0.717, 1.165) is 19.0 Å². The summed E-state index contributed by atoms with van der Waals surface area (Å²) < 4.78 is 0. The molecular formula is C8H15NO. The molecular weight excluding hydrogens is 126 g/mol. The van der Waals surface area contributed by atoms with Gasteiger partial charge in [0.25, 0.3) is 0 Å². The highest BCUT2D eigenvalue weighted by Gasteiger charge is 2.45. The molecule has 2 atom stereocenters. The second-order valence-corrected chi connectivity index (χ2v) is 3.74. The summed E-state index contributed by atoms with van der Waals surface area (Å²) in [6.07, 6.45) is 3.89. The van der Waals surface area contributed by atoms with Gasteiger partial charge in [0.05, 0.1) is 6.61 Å². The van der Waals surface area contributed by atoms with Gasteiger partial charge in [-0.1, -0.05) is 6.42 Å². The van der Waals surface area contributed by atoms with E-state index in [1.54, 1.807) is 0 Å². The molecule has 1 aliphatic carbocycles. The second-order valence-electron chi connectivity index (χ2n) is 3.74. The number of aliphatic hydroxyl groups excluding tert-OH is 1. The minimum Gasteiger partial charge on any atom is -0.396 e. The van der Waals surface area contributed by atoms with Gasteiger partial charge in [-0.05, 0) is 25.3 Å². The van der Waals surface area contributed by atoms with Crippen molar-refractivity contribution >= 4 is 0 Å². The maximum Gasteiger partial charge on any atom is 0.0502 e. The Balaban J connectivity index is 2.15. The lowest BCUT2D eigenvalue weighted by atomic mass is 9.82. The van der Waals surface area contributed by atoms with Crippen molar-refractivity contribution in [1.82, 2.24) is 5.32 Å². The number of hydrogen-bond donors (Lipinski definition) is 2. The Morgan fingerprint density at radius 2 is 2.50 bits per heavy atom. The SMILES string of the molecule is OC[C@@]12CCCC1CNC2. The van der Waals surface area contributed by atoms with Crippen LogP contribution in [0.1, 0.15) is 19.3 Å². The van der Waals surface area contributed by atoms with Crippen molar-refractivity contribution in [2.45, 2.75) is 19.3 Å². The van der Waals surface area contributed by atoms with Crippen LogP contribution in [0, 0.1) is 11.3 Å². The van der Waals surface area contributed by atoms with Gasteiger partial charge in [0.2, 0.25) is 0 Å². The van der Waals surface area contributed by atoms with Gasteiger partial charge < -0.3 is 10.4 Å². The third kappa shape index (κ3) is 0.722. The number of rotatable bonds is 1. The van der Waals surface area contributed by atoms with Crippen LogP contribution in [-0.4, -0.2) is 24.8 Å². The molecule has 0 radical (unpaired) electrons. The molecule has 0 aromatic carbocycles. The Labute approximate surface area is 61.6 Å². The Hall–Kier alpha value is -0.0800. The van der Waals surface area contributed by atoms with Crippen molar-refractivity contribution in [2.75, 3.05) is 19.7 Å². The highest BCUT2D eigenvalue weighted by Crippen LogP contribution is 2.44. The average Bonchev–Trinajstić information content (AvgIpc) is 2.42. The zero-order chi connectivity index (χ0) is 7.03. The monoisotopic (exact) mass is 141 g/mol. The molecule has 1 saturated carbocycles. The Morgan fingerprint density at radius 1 is 1.60 bits per heavy atom. The van der Waals surface area contributed by atoms with Crippen LogP contribution in [0.2, 0.25) is 0 Å². The van der Waals surface area contributed by atoms with Gasteiger partial charge >= 0.3 is 0 Å². The van der Waals surface area contributed by atoms with Crippen LogP contribution in [0.15, 0.2) is 0 Å². The maximum atomic E-state index is 9.19. The van der Waals surface area contributed by atoms with Crippen molar-refractivity contribution in [1.29, 1.82) is 0 Å². The van der Waals surface area contributed by atoms with Crippen molar-refractivity contribution in [3.8, 4) is 0 Å². The molecule has 0 amide bonds. The van der Waals surface area contributed by atoms with E-state index in [0.29, 0.717) is 12.0 Å². The summed E-state index contributed by atoms with van der Waals surface area (Å²) in [6, 6.07) is 0. The van der Waals surface area contributed by atoms with Gasteiger partial charge in [-0.25, -0.2) is 0 Å². The third-order valence-corrected chi connectivity index (χ3v) is 3.28. The molecule has 2 rings (SSSR count). The molecule has 2 heteroatoms. The first-order valence-electron chi connectivity index (χ1n) is 4.19. The maximum absolute atomic E-state index is 9.19. The first kappa shape index (κ1) is 6.62. The Bertz CT molecular complexity index is 125. The van der Waals surface area contributed by atoms with Gasteiger partial charge in [0.1, 0.15) is 0 Å². The predicted octanol–water partition coefficient (Wildman–Crippen LogP) is 0.368. The first-order chi connectivity index (χ1) is 4.87. The van der Waals surface area contributed by atoms with E-state index in [9.17, 15) is 5.11 Å². The molecule has 2 fully saturated rings. The lowest BCUT2D eigenvalue weighted by Crippen LogP contribution is -2.29. The van der Waals surface area contributed by atoms with Crippen LogP contribution in [0.25, 0.3) is 0 Å². The van der Waals surface area contributed by atoms with Crippen molar-refractivity contribution < 1.29 is 5.11 Å². The molecule has 58 valence electrons. The summed E-state index contributed by atoms with van der Waals surface area (Å²) in [6.45, 7) is 2.58. The van der Waals surface area contributed by atoms with Crippen LogP contribution in [-0.2, 0) is 0 Å². The Kier molecular flexibility index (Phi) is 1.46. The van der Waals surface area contributed by atoms with E-state index in [1.807, 2.05) is 0 Å². The number of aliphatic hydroxyl groups is 1. The summed E-state index contributed by atoms with van der Waals surface area (Å²) in [4.78, 5) is 0. The normalized spacial score (nSPS) is 45.9. The van der Waals surface area contributed by atoms with Crippen LogP contribution < -0.4 is 5.32 Å². The summed E-state index contributed by atoms with van der Waals surface area (Å²) in [5.41, 5.74) is 0.292. The lowest BCUT2D eigenvalue weighted by molar-refractivity contribution is 0.120. The average molecular weight is 141 g/mol. The summed E-state index contributed by atoms with van der Waals surface area (Å²) in [5.74, 6) is 0.775. The van der Waals surface area contributed by atoms with Crippen molar-refractivity contribution in [3.63, 3.8) is 0 Å². The van der Waals surface area contributed by atoms with Gasteiger partial charge in [0.15, 0.2) is 0 Å². The van der Waals surface area contributed by atoms with Crippen LogP contribution in [0.4, 0.5) is 0 Å². The molecule has 10 heavy (non-hydrogen) atoms. The van der Waals surface area contributed by atoms with E-state index >= 15 is 0 Å². The van der Waals surface area contributed by atoms with Crippen LogP contribution in [0.5, 0.6) is 0 Å². The van der Waals surface area contributed by atoms with Gasteiger partial charge in [0, 0.05) is 12.0 Å². The van der Waals surface area contributed by atoms with Crippen LogP contribution in [0.3, 0.4) is 0 Å². The van der Waals surface area contributed by atoms with Crippen LogP contribution >= 0.6 is 0 Å².